The monoisotopic (exact) mass is 291 g/mol. The zero-order valence-corrected chi connectivity index (χ0v) is 11.6. The number of benzene rings is 2. The van der Waals surface area contributed by atoms with Gasteiger partial charge in [0.1, 0.15) is 5.75 Å². The Balaban J connectivity index is 2.08. The average molecular weight is 292 g/mol. The quantitative estimate of drug-likeness (QED) is 0.757. The van der Waals surface area contributed by atoms with Crippen LogP contribution in [0.3, 0.4) is 0 Å². The first-order valence-corrected chi connectivity index (χ1v) is 6.23. The molecule has 20 heavy (non-hydrogen) atoms. The molecule has 0 unspecified atom stereocenters. The van der Waals surface area contributed by atoms with Crippen LogP contribution in [0.4, 0.5) is 21.9 Å². The minimum absolute atomic E-state index is 0.411. The van der Waals surface area contributed by atoms with Gasteiger partial charge in [0, 0.05) is 17.4 Å². The first kappa shape index (κ1) is 14.0. The molecular weight excluding hydrogens is 278 g/mol. The number of carbonyl (C=O) groups excluding carboxylic acids is 1. The summed E-state index contributed by atoms with van der Waals surface area (Å²) in [6.45, 7) is 0. The van der Waals surface area contributed by atoms with E-state index in [1.54, 1.807) is 49.6 Å². The predicted octanol–water partition coefficient (Wildman–Crippen LogP) is 3.57. The van der Waals surface area contributed by atoms with Gasteiger partial charge in [-0.3, -0.25) is 0 Å². The van der Waals surface area contributed by atoms with Crippen molar-refractivity contribution >= 4 is 34.7 Å². The second kappa shape index (κ2) is 6.16. The largest absolute Gasteiger partial charge is 0.497 e. The molecule has 2 aromatic carbocycles. The standard InChI is InChI=1S/C14H14ClN3O2/c1-20-11-5-6-12(15)13(8-11)18-14(19)17-10-4-2-3-9(16)7-10/h2-8H,16H2,1H3,(H2,17,18,19). The van der Waals surface area contributed by atoms with Gasteiger partial charge in [0.15, 0.2) is 0 Å². The summed E-state index contributed by atoms with van der Waals surface area (Å²) in [7, 11) is 1.54. The number of nitrogen functional groups attached to an aromatic ring is 1. The Hall–Kier alpha value is -2.40. The SMILES string of the molecule is COc1ccc(Cl)c(NC(=O)Nc2cccc(N)c2)c1. The first-order chi connectivity index (χ1) is 9.58. The molecule has 0 fully saturated rings. The van der Waals surface area contributed by atoms with E-state index in [9.17, 15) is 4.79 Å². The number of nitrogens with one attached hydrogen (secondary N) is 2. The second-order valence-corrected chi connectivity index (χ2v) is 4.46. The van der Waals surface area contributed by atoms with Crippen LogP contribution in [0.25, 0.3) is 0 Å². The summed E-state index contributed by atoms with van der Waals surface area (Å²) in [5, 5.41) is 5.74. The number of hydrogen-bond donors (Lipinski definition) is 3. The Bertz CT molecular complexity index is 632. The van der Waals surface area contributed by atoms with Crippen LogP contribution in [0.2, 0.25) is 5.02 Å². The molecule has 0 aliphatic rings. The molecule has 0 aromatic heterocycles. The zero-order valence-electron chi connectivity index (χ0n) is 10.8. The van der Waals surface area contributed by atoms with Gasteiger partial charge in [0.2, 0.25) is 0 Å². The molecular formula is C14H14ClN3O2. The highest BCUT2D eigenvalue weighted by molar-refractivity contribution is 6.33. The summed E-state index contributed by atoms with van der Waals surface area (Å²) in [5.41, 5.74) is 7.27. The van der Waals surface area contributed by atoms with Gasteiger partial charge in [-0.1, -0.05) is 17.7 Å². The summed E-state index contributed by atoms with van der Waals surface area (Å²) < 4.78 is 5.08. The lowest BCUT2D eigenvalue weighted by molar-refractivity contribution is 0.262. The molecule has 0 spiro atoms. The number of nitrogens with two attached hydrogens (primary N) is 1. The van der Waals surface area contributed by atoms with Crippen LogP contribution in [0.5, 0.6) is 5.75 Å². The number of rotatable bonds is 3. The molecule has 0 aliphatic carbocycles. The fraction of sp³-hybridized carbons (Fsp3) is 0.0714. The molecule has 5 nitrogen and oxygen atoms in total. The van der Waals surface area contributed by atoms with E-state index in [1.807, 2.05) is 0 Å². The summed E-state index contributed by atoms with van der Waals surface area (Å²) in [6.07, 6.45) is 0. The van der Waals surface area contributed by atoms with Crippen molar-refractivity contribution in [3.05, 3.63) is 47.5 Å². The third-order valence-corrected chi connectivity index (χ3v) is 2.90. The van der Waals surface area contributed by atoms with Gasteiger partial charge >= 0.3 is 6.03 Å². The van der Waals surface area contributed by atoms with Crippen LogP contribution in [-0.2, 0) is 0 Å². The Morgan fingerprint density at radius 2 is 2.00 bits per heavy atom. The maximum atomic E-state index is 11.9. The molecule has 104 valence electrons. The van der Waals surface area contributed by atoms with Crippen LogP contribution >= 0.6 is 11.6 Å². The van der Waals surface area contributed by atoms with Gasteiger partial charge in [-0.05, 0) is 30.3 Å². The topological polar surface area (TPSA) is 76.4 Å². The highest BCUT2D eigenvalue weighted by Gasteiger charge is 2.07. The van der Waals surface area contributed by atoms with Crippen molar-refractivity contribution in [1.29, 1.82) is 0 Å². The third kappa shape index (κ3) is 3.55. The van der Waals surface area contributed by atoms with Crippen molar-refractivity contribution in [3.63, 3.8) is 0 Å². The number of ether oxygens (including phenoxy) is 1. The van der Waals surface area contributed by atoms with Crippen molar-refractivity contribution < 1.29 is 9.53 Å². The lowest BCUT2D eigenvalue weighted by Gasteiger charge is -2.10. The van der Waals surface area contributed by atoms with Crippen LogP contribution in [0.15, 0.2) is 42.5 Å². The number of amides is 2. The summed E-state index contributed by atoms with van der Waals surface area (Å²) in [6, 6.07) is 11.5. The smallest absolute Gasteiger partial charge is 0.323 e. The molecule has 2 rings (SSSR count). The Morgan fingerprint density at radius 3 is 2.70 bits per heavy atom. The van der Waals surface area contributed by atoms with E-state index in [2.05, 4.69) is 10.6 Å². The Labute approximate surface area is 121 Å². The number of carbonyl (C=O) groups is 1. The normalized spacial score (nSPS) is 9.90. The highest BCUT2D eigenvalue weighted by atomic mass is 35.5. The van der Waals surface area contributed by atoms with E-state index in [0.717, 1.165) is 0 Å². The molecule has 2 amide bonds. The first-order valence-electron chi connectivity index (χ1n) is 5.85. The van der Waals surface area contributed by atoms with Crippen LogP contribution in [-0.4, -0.2) is 13.1 Å². The van der Waals surface area contributed by atoms with Crippen molar-refractivity contribution in [1.82, 2.24) is 0 Å². The summed E-state index contributed by atoms with van der Waals surface area (Å²) in [4.78, 5) is 11.9. The van der Waals surface area contributed by atoms with Gasteiger partial charge in [-0.25, -0.2) is 4.79 Å². The summed E-state index contributed by atoms with van der Waals surface area (Å²) in [5.74, 6) is 0.605. The van der Waals surface area contributed by atoms with E-state index >= 15 is 0 Å². The van der Waals surface area contributed by atoms with Gasteiger partial charge in [0.05, 0.1) is 17.8 Å². The second-order valence-electron chi connectivity index (χ2n) is 4.05. The van der Waals surface area contributed by atoms with Crippen LogP contribution in [0, 0.1) is 0 Å². The fourth-order valence-electron chi connectivity index (χ4n) is 1.63. The van der Waals surface area contributed by atoms with Gasteiger partial charge in [0.25, 0.3) is 0 Å². The van der Waals surface area contributed by atoms with Crippen LogP contribution < -0.4 is 21.1 Å². The Kier molecular flexibility index (Phi) is 4.32. The fourth-order valence-corrected chi connectivity index (χ4v) is 1.79. The highest BCUT2D eigenvalue weighted by Crippen LogP contribution is 2.26. The van der Waals surface area contributed by atoms with E-state index in [4.69, 9.17) is 22.1 Å². The number of urea groups is 1. The van der Waals surface area contributed by atoms with Gasteiger partial charge in [-0.15, -0.1) is 0 Å². The predicted molar refractivity (Wildman–Crippen MR) is 81.5 cm³/mol. The number of methoxy groups -OCH3 is 1. The van der Waals surface area contributed by atoms with Crippen molar-refractivity contribution in [3.8, 4) is 5.75 Å². The van der Waals surface area contributed by atoms with E-state index < -0.39 is 6.03 Å². The number of anilines is 3. The minimum Gasteiger partial charge on any atom is -0.497 e. The lowest BCUT2D eigenvalue weighted by Crippen LogP contribution is -2.19. The van der Waals surface area contributed by atoms with Crippen molar-refractivity contribution in [2.75, 3.05) is 23.5 Å². The molecule has 6 heteroatoms. The molecule has 0 radical (unpaired) electrons. The lowest BCUT2D eigenvalue weighted by atomic mass is 10.3. The maximum absolute atomic E-state index is 11.9. The zero-order chi connectivity index (χ0) is 14.5. The molecule has 0 bridgehead atoms. The molecule has 0 saturated heterocycles. The number of hydrogen-bond acceptors (Lipinski definition) is 3. The molecule has 0 heterocycles. The van der Waals surface area contributed by atoms with Crippen molar-refractivity contribution in [2.45, 2.75) is 0 Å². The van der Waals surface area contributed by atoms with Crippen molar-refractivity contribution in [2.24, 2.45) is 0 Å². The maximum Gasteiger partial charge on any atom is 0.323 e. The van der Waals surface area contributed by atoms with E-state index in [1.165, 1.54) is 0 Å². The molecule has 0 aliphatic heterocycles. The average Bonchev–Trinajstić information content (AvgIpc) is 2.41. The molecule has 4 N–H and O–H groups in total. The Morgan fingerprint density at radius 1 is 1.20 bits per heavy atom. The third-order valence-electron chi connectivity index (χ3n) is 2.57. The van der Waals surface area contributed by atoms with Gasteiger partial charge < -0.3 is 21.1 Å². The van der Waals surface area contributed by atoms with E-state index in [0.29, 0.717) is 27.8 Å². The minimum atomic E-state index is -0.411. The van der Waals surface area contributed by atoms with Gasteiger partial charge in [-0.2, -0.15) is 0 Å². The van der Waals surface area contributed by atoms with Crippen LogP contribution in [0.1, 0.15) is 0 Å². The molecule has 0 atom stereocenters. The molecule has 2 aromatic rings. The molecule has 0 saturated carbocycles. The number of halogens is 1. The summed E-state index contributed by atoms with van der Waals surface area (Å²) >= 11 is 6.01. The van der Waals surface area contributed by atoms with E-state index in [-0.39, 0.29) is 0 Å².